The third-order valence-corrected chi connectivity index (χ3v) is 1.61. The van der Waals surface area contributed by atoms with Crippen molar-refractivity contribution < 1.29 is 35.9 Å². The normalized spacial score (nSPS) is 24.3. The highest BCUT2D eigenvalue weighted by Gasteiger charge is 2.75. The standard InChI is InChI=1S/C6F6O2/c7-4(8)1-2(13)5(9,10)6(11,12)3(1)14. The van der Waals surface area contributed by atoms with E-state index in [9.17, 15) is 35.9 Å². The third-order valence-electron chi connectivity index (χ3n) is 1.61. The molecule has 2 nitrogen and oxygen atoms in total. The summed E-state index contributed by atoms with van der Waals surface area (Å²) < 4.78 is 72.6. The van der Waals surface area contributed by atoms with Crippen LogP contribution in [0.15, 0.2) is 11.7 Å². The molecule has 14 heavy (non-hydrogen) atoms. The Morgan fingerprint density at radius 2 is 1.14 bits per heavy atom. The van der Waals surface area contributed by atoms with Gasteiger partial charge in [-0.3, -0.25) is 9.59 Å². The van der Waals surface area contributed by atoms with Gasteiger partial charge in [-0.15, -0.1) is 0 Å². The van der Waals surface area contributed by atoms with Crippen molar-refractivity contribution in [2.45, 2.75) is 11.8 Å². The van der Waals surface area contributed by atoms with Crippen molar-refractivity contribution in [1.82, 2.24) is 0 Å². The Bertz CT molecular complexity index is 323. The molecule has 0 atom stereocenters. The Kier molecular flexibility index (Phi) is 1.98. The first kappa shape index (κ1) is 10.7. The number of hydrogen-bond acceptors (Lipinski definition) is 2. The zero-order valence-corrected chi connectivity index (χ0v) is 6.08. The first-order chi connectivity index (χ1) is 6.14. The number of hydrogen-bond donors (Lipinski definition) is 0. The van der Waals surface area contributed by atoms with E-state index in [4.69, 9.17) is 0 Å². The molecule has 0 aromatic heterocycles. The lowest BCUT2D eigenvalue weighted by Crippen LogP contribution is -2.43. The van der Waals surface area contributed by atoms with Crippen molar-refractivity contribution in [3.05, 3.63) is 11.7 Å². The van der Waals surface area contributed by atoms with Crippen molar-refractivity contribution in [2.24, 2.45) is 0 Å². The van der Waals surface area contributed by atoms with Crippen molar-refractivity contribution in [2.75, 3.05) is 0 Å². The highest BCUT2D eigenvalue weighted by Crippen LogP contribution is 2.46. The van der Waals surface area contributed by atoms with Crippen LogP contribution in [0.2, 0.25) is 0 Å². The molecular formula is C6F6O2. The van der Waals surface area contributed by atoms with E-state index >= 15 is 0 Å². The fraction of sp³-hybridized carbons (Fsp3) is 0.333. The molecule has 1 rings (SSSR count). The molecule has 0 N–H and O–H groups in total. The number of Topliss-reactive ketones (excluding diaryl/α,β-unsaturated/α-hetero) is 2. The lowest BCUT2D eigenvalue weighted by molar-refractivity contribution is -0.192. The Hall–Kier alpha value is -1.34. The molecular weight excluding hydrogens is 218 g/mol. The summed E-state index contributed by atoms with van der Waals surface area (Å²) in [4.78, 5) is 20.6. The number of allylic oxidation sites excluding steroid dienone is 1. The second kappa shape index (κ2) is 2.58. The van der Waals surface area contributed by atoms with Crippen LogP contribution in [0.3, 0.4) is 0 Å². The van der Waals surface area contributed by atoms with Gasteiger partial charge in [0, 0.05) is 0 Å². The Balaban J connectivity index is 3.46. The van der Waals surface area contributed by atoms with Crippen LogP contribution in [0.5, 0.6) is 0 Å². The molecule has 1 aliphatic rings. The molecule has 0 unspecified atom stereocenters. The van der Waals surface area contributed by atoms with Crippen molar-refractivity contribution >= 4 is 11.6 Å². The van der Waals surface area contributed by atoms with Gasteiger partial charge in [0.2, 0.25) is 11.6 Å². The smallest absolute Gasteiger partial charge is 0.287 e. The van der Waals surface area contributed by atoms with Crippen LogP contribution in [-0.2, 0) is 9.59 Å². The molecule has 0 aliphatic heterocycles. The minimum absolute atomic E-state index is 2.42. The van der Waals surface area contributed by atoms with Gasteiger partial charge in [-0.05, 0) is 0 Å². The van der Waals surface area contributed by atoms with Crippen LogP contribution < -0.4 is 0 Å². The minimum Gasteiger partial charge on any atom is -0.287 e. The van der Waals surface area contributed by atoms with Crippen LogP contribution >= 0.6 is 0 Å². The molecule has 0 aromatic carbocycles. The van der Waals surface area contributed by atoms with E-state index < -0.39 is 35.1 Å². The number of carbonyl (C=O) groups is 2. The molecule has 0 aromatic rings. The van der Waals surface area contributed by atoms with Gasteiger partial charge in [-0.25, -0.2) is 0 Å². The van der Waals surface area contributed by atoms with Crippen LogP contribution in [0.4, 0.5) is 26.3 Å². The summed E-state index contributed by atoms with van der Waals surface area (Å²) in [6.07, 6.45) is -3.13. The van der Waals surface area contributed by atoms with Gasteiger partial charge in [0.25, 0.3) is 6.08 Å². The van der Waals surface area contributed by atoms with Crippen molar-refractivity contribution in [3.63, 3.8) is 0 Å². The number of carbonyl (C=O) groups excluding carboxylic acids is 2. The zero-order valence-electron chi connectivity index (χ0n) is 6.08. The number of halogens is 6. The lowest BCUT2D eigenvalue weighted by atomic mass is 10.2. The minimum atomic E-state index is -5.39. The highest BCUT2D eigenvalue weighted by molar-refractivity contribution is 6.32. The van der Waals surface area contributed by atoms with Crippen LogP contribution in [0, 0.1) is 0 Å². The molecule has 8 heteroatoms. The topological polar surface area (TPSA) is 34.1 Å². The van der Waals surface area contributed by atoms with Gasteiger partial charge in [0.15, 0.2) is 0 Å². The van der Waals surface area contributed by atoms with Crippen molar-refractivity contribution in [3.8, 4) is 0 Å². The van der Waals surface area contributed by atoms with E-state index in [-0.39, 0.29) is 0 Å². The first-order valence-electron chi connectivity index (χ1n) is 3.04. The number of rotatable bonds is 0. The highest BCUT2D eigenvalue weighted by atomic mass is 19.3. The molecule has 0 amide bonds. The molecule has 78 valence electrons. The maximum atomic E-state index is 12.3. The van der Waals surface area contributed by atoms with Gasteiger partial charge < -0.3 is 0 Å². The van der Waals surface area contributed by atoms with E-state index in [1.165, 1.54) is 0 Å². The van der Waals surface area contributed by atoms with Crippen LogP contribution in [0.25, 0.3) is 0 Å². The van der Waals surface area contributed by atoms with E-state index in [1.807, 2.05) is 0 Å². The summed E-state index contributed by atoms with van der Waals surface area (Å²) in [7, 11) is 0. The van der Waals surface area contributed by atoms with Crippen LogP contribution in [0.1, 0.15) is 0 Å². The summed E-state index contributed by atoms with van der Waals surface area (Å²) in [5.41, 5.74) is -2.42. The SMILES string of the molecule is O=C1C(=C(F)F)C(=O)C(F)(F)C1(F)F. The van der Waals surface area contributed by atoms with Crippen molar-refractivity contribution in [1.29, 1.82) is 0 Å². The Morgan fingerprint density at radius 3 is 1.29 bits per heavy atom. The second-order valence-electron chi connectivity index (χ2n) is 2.44. The van der Waals surface area contributed by atoms with Crippen LogP contribution in [-0.4, -0.2) is 23.4 Å². The van der Waals surface area contributed by atoms with Gasteiger partial charge in [0.1, 0.15) is 5.57 Å². The molecule has 0 heterocycles. The molecule has 1 aliphatic carbocycles. The monoisotopic (exact) mass is 218 g/mol. The number of alkyl halides is 4. The van der Waals surface area contributed by atoms with E-state index in [1.54, 1.807) is 0 Å². The molecule has 0 spiro atoms. The summed E-state index contributed by atoms with van der Waals surface area (Å²) in [6, 6.07) is 0. The van der Waals surface area contributed by atoms with Gasteiger partial charge in [-0.2, -0.15) is 26.3 Å². The van der Waals surface area contributed by atoms with E-state index in [0.717, 1.165) is 0 Å². The summed E-state index contributed by atoms with van der Waals surface area (Å²) in [6.45, 7) is 0. The zero-order chi connectivity index (χ0) is 11.3. The van der Waals surface area contributed by atoms with E-state index in [2.05, 4.69) is 0 Å². The number of ketones is 2. The second-order valence-corrected chi connectivity index (χ2v) is 2.44. The fourth-order valence-corrected chi connectivity index (χ4v) is 0.874. The first-order valence-corrected chi connectivity index (χ1v) is 3.04. The summed E-state index contributed by atoms with van der Waals surface area (Å²) in [5.74, 6) is -16.5. The lowest BCUT2D eigenvalue weighted by Gasteiger charge is -2.13. The summed E-state index contributed by atoms with van der Waals surface area (Å²) >= 11 is 0. The molecule has 0 bridgehead atoms. The quantitative estimate of drug-likeness (QED) is 0.351. The molecule has 0 saturated heterocycles. The maximum absolute atomic E-state index is 12.3. The predicted molar refractivity (Wildman–Crippen MR) is 29.2 cm³/mol. The predicted octanol–water partition coefficient (Wildman–Crippen LogP) is 1.56. The van der Waals surface area contributed by atoms with E-state index in [0.29, 0.717) is 0 Å². The average Bonchev–Trinajstić information content (AvgIpc) is 2.12. The average molecular weight is 218 g/mol. The Labute approximate surface area is 72.2 Å². The third kappa shape index (κ3) is 0.992. The fourth-order valence-electron chi connectivity index (χ4n) is 0.874. The van der Waals surface area contributed by atoms with Gasteiger partial charge in [0.05, 0.1) is 0 Å². The largest absolute Gasteiger partial charge is 0.379 e. The molecule has 1 saturated carbocycles. The van der Waals surface area contributed by atoms with Gasteiger partial charge >= 0.3 is 11.8 Å². The maximum Gasteiger partial charge on any atom is 0.379 e. The van der Waals surface area contributed by atoms with Gasteiger partial charge in [-0.1, -0.05) is 0 Å². The molecule has 1 fully saturated rings. The Morgan fingerprint density at radius 1 is 0.857 bits per heavy atom. The molecule has 0 radical (unpaired) electrons. The summed E-state index contributed by atoms with van der Waals surface area (Å²) in [5, 5.41) is 0.